The molecule has 0 saturated carbocycles. The number of nitro groups is 1. The molecule has 1 aromatic carbocycles. The summed E-state index contributed by atoms with van der Waals surface area (Å²) in [6.45, 7) is 3.95. The fourth-order valence-corrected chi connectivity index (χ4v) is 2.00. The van der Waals surface area contributed by atoms with Crippen LogP contribution in [0.25, 0.3) is 0 Å². The second-order valence-electron chi connectivity index (χ2n) is 4.09. The van der Waals surface area contributed by atoms with E-state index in [1.165, 1.54) is 12.1 Å². The van der Waals surface area contributed by atoms with E-state index in [1.54, 1.807) is 6.07 Å². The summed E-state index contributed by atoms with van der Waals surface area (Å²) in [4.78, 5) is 22.1. The summed E-state index contributed by atoms with van der Waals surface area (Å²) in [7, 11) is 0. The minimum Gasteiger partial charge on any atom is -0.350 e. The van der Waals surface area contributed by atoms with Gasteiger partial charge in [-0.3, -0.25) is 14.9 Å². The van der Waals surface area contributed by atoms with E-state index >= 15 is 0 Å². The molecule has 1 amide bonds. The van der Waals surface area contributed by atoms with Gasteiger partial charge in [-0.15, -0.1) is 0 Å². The Kier molecular flexibility index (Phi) is 5.27. The van der Waals surface area contributed by atoms with Crippen LogP contribution in [0.5, 0.6) is 0 Å². The molecule has 1 rings (SSSR count). The zero-order valence-corrected chi connectivity index (χ0v) is 11.9. The molecule has 0 aliphatic rings. The molecule has 0 bridgehead atoms. The van der Waals surface area contributed by atoms with Crippen molar-refractivity contribution in [3.05, 3.63) is 38.3 Å². The van der Waals surface area contributed by atoms with Crippen molar-refractivity contribution < 1.29 is 9.72 Å². The maximum absolute atomic E-state index is 11.9. The quantitative estimate of drug-likeness (QED) is 0.669. The van der Waals surface area contributed by atoms with Gasteiger partial charge in [0.25, 0.3) is 11.6 Å². The van der Waals surface area contributed by atoms with Crippen LogP contribution in [-0.2, 0) is 0 Å². The van der Waals surface area contributed by atoms with Gasteiger partial charge in [-0.25, -0.2) is 0 Å². The van der Waals surface area contributed by atoms with Crippen LogP contribution >= 0.6 is 15.9 Å². The Morgan fingerprint density at radius 3 is 2.78 bits per heavy atom. The predicted octanol–water partition coefficient (Wildman–Crippen LogP) is 3.28. The normalized spacial score (nSPS) is 11.9. The van der Waals surface area contributed by atoms with E-state index in [4.69, 9.17) is 0 Å². The molecule has 0 aliphatic heterocycles. The third-order valence-corrected chi connectivity index (χ3v) is 3.17. The molecule has 1 atom stereocenters. The first-order chi connectivity index (χ1) is 8.45. The molecular formula is C12H15BrN2O3. The first-order valence-corrected chi connectivity index (χ1v) is 6.49. The number of hydrogen-bond acceptors (Lipinski definition) is 3. The summed E-state index contributed by atoms with van der Waals surface area (Å²) in [6, 6.07) is 4.41. The van der Waals surface area contributed by atoms with Crippen molar-refractivity contribution in [1.82, 2.24) is 5.32 Å². The van der Waals surface area contributed by atoms with Gasteiger partial charge in [0.2, 0.25) is 0 Å². The minimum atomic E-state index is -0.518. The fraction of sp³-hybridized carbons (Fsp3) is 0.417. The minimum absolute atomic E-state index is 0.0604. The zero-order chi connectivity index (χ0) is 13.7. The molecule has 0 spiro atoms. The Hall–Kier alpha value is -1.43. The summed E-state index contributed by atoms with van der Waals surface area (Å²) in [5, 5.41) is 13.6. The highest BCUT2D eigenvalue weighted by Crippen LogP contribution is 2.25. The van der Waals surface area contributed by atoms with Crippen molar-refractivity contribution in [1.29, 1.82) is 0 Å². The van der Waals surface area contributed by atoms with Crippen LogP contribution in [0.15, 0.2) is 22.7 Å². The maximum atomic E-state index is 11.9. The van der Waals surface area contributed by atoms with Crippen molar-refractivity contribution >= 4 is 27.5 Å². The van der Waals surface area contributed by atoms with E-state index < -0.39 is 4.92 Å². The maximum Gasteiger partial charge on any atom is 0.284 e. The van der Waals surface area contributed by atoms with E-state index in [0.717, 1.165) is 12.8 Å². The highest BCUT2D eigenvalue weighted by molar-refractivity contribution is 9.10. The Morgan fingerprint density at radius 2 is 2.22 bits per heavy atom. The first-order valence-electron chi connectivity index (χ1n) is 5.70. The molecule has 0 saturated heterocycles. The van der Waals surface area contributed by atoms with Crippen molar-refractivity contribution in [3.8, 4) is 0 Å². The predicted molar refractivity (Wildman–Crippen MR) is 72.6 cm³/mol. The van der Waals surface area contributed by atoms with Crippen molar-refractivity contribution in [2.24, 2.45) is 0 Å². The highest BCUT2D eigenvalue weighted by atomic mass is 79.9. The molecule has 98 valence electrons. The molecule has 1 aromatic rings. The second kappa shape index (κ2) is 6.49. The molecule has 0 fully saturated rings. The summed E-state index contributed by atoms with van der Waals surface area (Å²) in [5.74, 6) is -0.286. The van der Waals surface area contributed by atoms with Crippen molar-refractivity contribution in [3.63, 3.8) is 0 Å². The van der Waals surface area contributed by atoms with Crippen LogP contribution in [0.3, 0.4) is 0 Å². The zero-order valence-electron chi connectivity index (χ0n) is 10.3. The Bertz CT molecular complexity index is 463. The number of carbonyl (C=O) groups excluding carboxylic acids is 1. The monoisotopic (exact) mass is 314 g/mol. The fourth-order valence-electron chi connectivity index (χ4n) is 1.61. The van der Waals surface area contributed by atoms with Crippen molar-refractivity contribution in [2.75, 3.05) is 0 Å². The van der Waals surface area contributed by atoms with Crippen LogP contribution in [0.4, 0.5) is 5.69 Å². The summed E-state index contributed by atoms with van der Waals surface area (Å²) in [6.07, 6.45) is 1.85. The second-order valence-corrected chi connectivity index (χ2v) is 4.94. The van der Waals surface area contributed by atoms with Gasteiger partial charge in [-0.05, 0) is 41.4 Å². The van der Waals surface area contributed by atoms with Gasteiger partial charge in [-0.2, -0.15) is 0 Å². The number of nitrogens with one attached hydrogen (secondary N) is 1. The van der Waals surface area contributed by atoms with Gasteiger partial charge in [0.05, 0.1) is 9.40 Å². The molecule has 1 N–H and O–H groups in total. The van der Waals surface area contributed by atoms with Crippen LogP contribution < -0.4 is 5.32 Å². The largest absolute Gasteiger partial charge is 0.350 e. The Labute approximate surface area is 114 Å². The first kappa shape index (κ1) is 14.6. The summed E-state index contributed by atoms with van der Waals surface area (Å²) < 4.78 is 0.366. The SMILES string of the molecule is CCCC(C)NC(=O)c1ccc(Br)c([N+](=O)[O-])c1. The van der Waals surface area contributed by atoms with Gasteiger partial charge < -0.3 is 5.32 Å². The molecule has 0 radical (unpaired) electrons. The van der Waals surface area contributed by atoms with Crippen LogP contribution in [-0.4, -0.2) is 16.9 Å². The van der Waals surface area contributed by atoms with E-state index in [9.17, 15) is 14.9 Å². The third kappa shape index (κ3) is 3.80. The van der Waals surface area contributed by atoms with E-state index in [0.29, 0.717) is 10.0 Å². The highest BCUT2D eigenvalue weighted by Gasteiger charge is 2.16. The molecule has 18 heavy (non-hydrogen) atoms. The Morgan fingerprint density at radius 1 is 1.56 bits per heavy atom. The van der Waals surface area contributed by atoms with Gasteiger partial charge in [0, 0.05) is 17.7 Å². The average molecular weight is 315 g/mol. The number of nitrogens with zero attached hydrogens (tertiary/aromatic N) is 1. The lowest BCUT2D eigenvalue weighted by atomic mass is 10.1. The summed E-state index contributed by atoms with van der Waals surface area (Å²) in [5.41, 5.74) is 0.193. The number of rotatable bonds is 5. The number of amides is 1. The molecule has 6 heteroatoms. The number of carbonyl (C=O) groups is 1. The number of nitro benzene ring substituents is 1. The molecular weight excluding hydrogens is 300 g/mol. The summed E-state index contributed by atoms with van der Waals surface area (Å²) >= 11 is 3.08. The number of hydrogen-bond donors (Lipinski definition) is 1. The lowest BCUT2D eigenvalue weighted by molar-refractivity contribution is -0.385. The third-order valence-electron chi connectivity index (χ3n) is 2.50. The van der Waals surface area contributed by atoms with Crippen LogP contribution in [0, 0.1) is 10.1 Å². The standard InChI is InChI=1S/C12H15BrN2O3/c1-3-4-8(2)14-12(16)9-5-6-10(13)11(7-9)15(17)18/h5-8H,3-4H2,1-2H3,(H,14,16). The molecule has 0 aromatic heterocycles. The molecule has 5 nitrogen and oxygen atoms in total. The Balaban J connectivity index is 2.87. The topological polar surface area (TPSA) is 72.2 Å². The molecule has 0 heterocycles. The van der Waals surface area contributed by atoms with Crippen molar-refractivity contribution in [2.45, 2.75) is 32.7 Å². The lowest BCUT2D eigenvalue weighted by Crippen LogP contribution is -2.32. The van der Waals surface area contributed by atoms with Crippen LogP contribution in [0.1, 0.15) is 37.0 Å². The van der Waals surface area contributed by atoms with E-state index in [1.807, 2.05) is 13.8 Å². The van der Waals surface area contributed by atoms with Gasteiger partial charge >= 0.3 is 0 Å². The van der Waals surface area contributed by atoms with Crippen LogP contribution in [0.2, 0.25) is 0 Å². The number of benzene rings is 1. The molecule has 1 unspecified atom stereocenters. The van der Waals surface area contributed by atoms with Gasteiger partial charge in [-0.1, -0.05) is 13.3 Å². The lowest BCUT2D eigenvalue weighted by Gasteiger charge is -2.12. The van der Waals surface area contributed by atoms with Gasteiger partial charge in [0.1, 0.15) is 0 Å². The van der Waals surface area contributed by atoms with E-state index in [2.05, 4.69) is 21.2 Å². The van der Waals surface area contributed by atoms with E-state index in [-0.39, 0.29) is 17.6 Å². The molecule has 0 aliphatic carbocycles. The smallest absolute Gasteiger partial charge is 0.284 e. The number of halogens is 1. The van der Waals surface area contributed by atoms with Gasteiger partial charge in [0.15, 0.2) is 0 Å². The average Bonchev–Trinajstić information content (AvgIpc) is 2.29.